The number of amides is 1. The first-order valence-corrected chi connectivity index (χ1v) is 8.75. The Bertz CT molecular complexity index is 788. The van der Waals surface area contributed by atoms with Gasteiger partial charge >= 0.3 is 5.97 Å². The molecule has 0 saturated carbocycles. The van der Waals surface area contributed by atoms with Crippen molar-refractivity contribution in [3.63, 3.8) is 0 Å². The van der Waals surface area contributed by atoms with Crippen LogP contribution < -0.4 is 10.1 Å². The molecular weight excluding hydrogens is 346 g/mol. The topological polar surface area (TPSA) is 92.7 Å². The third-order valence-corrected chi connectivity index (χ3v) is 4.06. The highest BCUT2D eigenvalue weighted by Crippen LogP contribution is 2.15. The third-order valence-electron chi connectivity index (χ3n) is 4.06. The van der Waals surface area contributed by atoms with Gasteiger partial charge in [-0.05, 0) is 31.0 Å². The van der Waals surface area contributed by atoms with Gasteiger partial charge in [0.25, 0.3) is 0 Å². The van der Waals surface area contributed by atoms with Crippen LogP contribution in [0.1, 0.15) is 41.6 Å². The summed E-state index contributed by atoms with van der Waals surface area (Å²) in [5, 5.41) is 12.0. The van der Waals surface area contributed by atoms with Gasteiger partial charge in [-0.25, -0.2) is 0 Å². The maximum Gasteiger partial charge on any atom is 0.312 e. The van der Waals surface area contributed by atoms with Gasteiger partial charge in [-0.1, -0.05) is 42.5 Å². The Labute approximate surface area is 158 Å². The van der Waals surface area contributed by atoms with Crippen LogP contribution in [0.4, 0.5) is 0 Å². The number of Topliss-reactive ketones (excluding diaryl/α,β-unsaturated/α-hetero) is 1. The summed E-state index contributed by atoms with van der Waals surface area (Å²) < 4.78 is 5.55. The van der Waals surface area contributed by atoms with Crippen molar-refractivity contribution in [2.45, 2.75) is 25.7 Å². The Hall–Kier alpha value is -3.15. The second kappa shape index (κ2) is 10.1. The van der Waals surface area contributed by atoms with Crippen LogP contribution in [0.15, 0.2) is 54.6 Å². The van der Waals surface area contributed by atoms with Crippen molar-refractivity contribution in [3.8, 4) is 5.75 Å². The largest absolute Gasteiger partial charge is 0.494 e. The molecule has 142 valence electrons. The molecule has 1 amide bonds. The molecule has 0 aromatic heterocycles. The van der Waals surface area contributed by atoms with Crippen molar-refractivity contribution in [1.82, 2.24) is 5.32 Å². The summed E-state index contributed by atoms with van der Waals surface area (Å²) in [5.41, 5.74) is 1.23. The SMILES string of the molecule is CC(=O)c1cccc(OCCCC(=O)NCC(C(=O)O)c2ccccc2)c1. The van der Waals surface area contributed by atoms with E-state index in [1.165, 1.54) is 6.92 Å². The smallest absolute Gasteiger partial charge is 0.312 e. The number of rotatable bonds is 10. The van der Waals surface area contributed by atoms with E-state index in [4.69, 9.17) is 4.74 Å². The Morgan fingerprint density at radius 1 is 1.07 bits per heavy atom. The van der Waals surface area contributed by atoms with Crippen LogP contribution in [-0.4, -0.2) is 35.9 Å². The lowest BCUT2D eigenvalue weighted by molar-refractivity contribution is -0.138. The molecule has 0 aliphatic rings. The predicted octanol–water partition coefficient (Wildman–Crippen LogP) is 3.03. The summed E-state index contributed by atoms with van der Waals surface area (Å²) in [6, 6.07) is 15.7. The molecule has 2 N–H and O–H groups in total. The summed E-state index contributed by atoms with van der Waals surface area (Å²) >= 11 is 0. The van der Waals surface area contributed by atoms with Crippen LogP contribution in [0.2, 0.25) is 0 Å². The number of benzene rings is 2. The first-order chi connectivity index (χ1) is 13.0. The Kier molecular flexibility index (Phi) is 7.55. The number of carboxylic acids is 1. The fourth-order valence-corrected chi connectivity index (χ4v) is 2.56. The summed E-state index contributed by atoms with van der Waals surface area (Å²) in [6.45, 7) is 1.86. The maximum absolute atomic E-state index is 12.0. The molecule has 0 saturated heterocycles. The summed E-state index contributed by atoms with van der Waals surface area (Å²) in [7, 11) is 0. The number of carboxylic acid groups (broad SMARTS) is 1. The highest BCUT2D eigenvalue weighted by molar-refractivity contribution is 5.94. The number of aliphatic carboxylic acids is 1. The average molecular weight is 369 g/mol. The van der Waals surface area contributed by atoms with Gasteiger partial charge < -0.3 is 15.2 Å². The molecule has 27 heavy (non-hydrogen) atoms. The molecule has 0 bridgehead atoms. The maximum atomic E-state index is 12.0. The number of hydrogen-bond donors (Lipinski definition) is 2. The molecule has 2 aromatic carbocycles. The third kappa shape index (κ3) is 6.58. The zero-order valence-corrected chi connectivity index (χ0v) is 15.2. The molecule has 0 heterocycles. The van der Waals surface area contributed by atoms with Crippen molar-refractivity contribution in [3.05, 3.63) is 65.7 Å². The molecule has 1 atom stereocenters. The van der Waals surface area contributed by atoms with Crippen molar-refractivity contribution < 1.29 is 24.2 Å². The van der Waals surface area contributed by atoms with Crippen LogP contribution >= 0.6 is 0 Å². The molecule has 6 nitrogen and oxygen atoms in total. The highest BCUT2D eigenvalue weighted by Gasteiger charge is 2.20. The molecule has 0 aliphatic carbocycles. The zero-order chi connectivity index (χ0) is 19.6. The van der Waals surface area contributed by atoms with Gasteiger partial charge in [0.2, 0.25) is 5.91 Å². The summed E-state index contributed by atoms with van der Waals surface area (Å²) in [6.07, 6.45) is 0.715. The van der Waals surface area contributed by atoms with Crippen molar-refractivity contribution >= 4 is 17.7 Å². The van der Waals surface area contributed by atoms with Gasteiger partial charge in [0, 0.05) is 18.5 Å². The fraction of sp³-hybridized carbons (Fsp3) is 0.286. The Morgan fingerprint density at radius 2 is 1.81 bits per heavy atom. The summed E-state index contributed by atoms with van der Waals surface area (Å²) in [5.74, 6) is -1.43. The first kappa shape index (κ1) is 20.2. The van der Waals surface area contributed by atoms with Crippen LogP contribution in [0, 0.1) is 0 Å². The van der Waals surface area contributed by atoms with Gasteiger partial charge in [0.1, 0.15) is 5.75 Å². The van der Waals surface area contributed by atoms with Crippen LogP contribution in [-0.2, 0) is 9.59 Å². The predicted molar refractivity (Wildman–Crippen MR) is 101 cm³/mol. The number of ether oxygens (including phenoxy) is 1. The number of nitrogens with one attached hydrogen (secondary N) is 1. The van der Waals surface area contributed by atoms with Crippen molar-refractivity contribution in [1.29, 1.82) is 0 Å². The van der Waals surface area contributed by atoms with Crippen molar-refractivity contribution in [2.24, 2.45) is 0 Å². The molecule has 0 spiro atoms. The molecule has 0 radical (unpaired) electrons. The van der Waals surface area contributed by atoms with Gasteiger partial charge in [-0.2, -0.15) is 0 Å². The number of carbonyl (C=O) groups excluding carboxylic acids is 2. The van der Waals surface area contributed by atoms with Gasteiger partial charge in [0.05, 0.1) is 12.5 Å². The lowest BCUT2D eigenvalue weighted by atomic mass is 9.99. The minimum absolute atomic E-state index is 0.0359. The fourth-order valence-electron chi connectivity index (χ4n) is 2.56. The van der Waals surface area contributed by atoms with E-state index in [9.17, 15) is 19.5 Å². The molecule has 1 unspecified atom stereocenters. The molecule has 2 rings (SSSR count). The normalized spacial score (nSPS) is 11.4. The number of ketones is 1. The standard InChI is InChI=1S/C21H23NO5/c1-15(23)17-9-5-10-18(13-17)27-12-6-11-20(24)22-14-19(21(25)26)16-7-3-2-4-8-16/h2-5,7-10,13,19H,6,11-12,14H2,1H3,(H,22,24)(H,25,26). The molecule has 0 aliphatic heterocycles. The second-order valence-corrected chi connectivity index (χ2v) is 6.14. The Morgan fingerprint density at radius 3 is 2.48 bits per heavy atom. The Balaban J connectivity index is 1.73. The van der Waals surface area contributed by atoms with E-state index in [0.29, 0.717) is 29.9 Å². The zero-order valence-electron chi connectivity index (χ0n) is 15.2. The number of hydrogen-bond acceptors (Lipinski definition) is 4. The molecule has 0 fully saturated rings. The van der Waals surface area contributed by atoms with E-state index in [-0.39, 0.29) is 24.7 Å². The van der Waals surface area contributed by atoms with E-state index in [1.54, 1.807) is 48.5 Å². The highest BCUT2D eigenvalue weighted by atomic mass is 16.5. The quantitative estimate of drug-likeness (QED) is 0.496. The van der Waals surface area contributed by atoms with Gasteiger partial charge in [-0.3, -0.25) is 14.4 Å². The lowest BCUT2D eigenvalue weighted by Crippen LogP contribution is -2.31. The van der Waals surface area contributed by atoms with E-state index >= 15 is 0 Å². The van der Waals surface area contributed by atoms with Gasteiger partial charge in [0.15, 0.2) is 5.78 Å². The summed E-state index contributed by atoms with van der Waals surface area (Å²) in [4.78, 5) is 34.7. The minimum Gasteiger partial charge on any atom is -0.494 e. The molecule has 6 heteroatoms. The molecular formula is C21H23NO5. The second-order valence-electron chi connectivity index (χ2n) is 6.14. The molecule has 2 aromatic rings. The van der Waals surface area contributed by atoms with E-state index in [1.807, 2.05) is 6.07 Å². The number of carbonyl (C=O) groups is 3. The van der Waals surface area contributed by atoms with Crippen LogP contribution in [0.5, 0.6) is 5.75 Å². The van der Waals surface area contributed by atoms with E-state index in [2.05, 4.69) is 5.32 Å². The van der Waals surface area contributed by atoms with Gasteiger partial charge in [-0.15, -0.1) is 0 Å². The van der Waals surface area contributed by atoms with E-state index in [0.717, 1.165) is 0 Å². The van der Waals surface area contributed by atoms with Crippen LogP contribution in [0.3, 0.4) is 0 Å². The minimum atomic E-state index is -0.977. The van der Waals surface area contributed by atoms with Crippen molar-refractivity contribution in [2.75, 3.05) is 13.2 Å². The first-order valence-electron chi connectivity index (χ1n) is 8.75. The monoisotopic (exact) mass is 369 g/mol. The average Bonchev–Trinajstić information content (AvgIpc) is 2.66. The van der Waals surface area contributed by atoms with E-state index < -0.39 is 11.9 Å². The lowest BCUT2D eigenvalue weighted by Gasteiger charge is -2.14. The van der Waals surface area contributed by atoms with Crippen LogP contribution in [0.25, 0.3) is 0 Å².